The summed E-state index contributed by atoms with van der Waals surface area (Å²) in [6.07, 6.45) is 4.31. The van der Waals surface area contributed by atoms with Crippen LogP contribution < -0.4 is 9.57 Å². The van der Waals surface area contributed by atoms with Crippen LogP contribution in [0.15, 0.2) is 59.0 Å². The first-order valence-corrected chi connectivity index (χ1v) is 13.2. The summed E-state index contributed by atoms with van der Waals surface area (Å²) in [4.78, 5) is 17.8. The molecule has 1 saturated heterocycles. The Morgan fingerprint density at radius 2 is 1.57 bits per heavy atom. The summed E-state index contributed by atoms with van der Waals surface area (Å²) in [5, 5.41) is 1.15. The van der Waals surface area contributed by atoms with Gasteiger partial charge in [-0.2, -0.15) is 0 Å². The highest BCUT2D eigenvalue weighted by Gasteiger charge is 2.37. The molecule has 0 spiro atoms. The summed E-state index contributed by atoms with van der Waals surface area (Å²) in [6.45, 7) is 11.6. The van der Waals surface area contributed by atoms with Crippen molar-refractivity contribution in [3.8, 4) is 11.5 Å². The number of furan rings is 1. The van der Waals surface area contributed by atoms with E-state index in [0.717, 1.165) is 89.2 Å². The van der Waals surface area contributed by atoms with E-state index in [0.29, 0.717) is 16.8 Å². The van der Waals surface area contributed by atoms with Crippen LogP contribution >= 0.6 is 0 Å². The predicted octanol–water partition coefficient (Wildman–Crippen LogP) is 7.55. The fourth-order valence-electron chi connectivity index (χ4n) is 5.60. The molecular formula is C32H36NO4+. The van der Waals surface area contributed by atoms with E-state index >= 15 is 0 Å². The molecule has 1 fully saturated rings. The second-order valence-corrected chi connectivity index (χ2v) is 10.3. The number of carbonyl (C=O) groups is 1. The number of hydroxylamine groups is 3. The van der Waals surface area contributed by atoms with Crippen LogP contribution in [-0.4, -0.2) is 24.0 Å². The van der Waals surface area contributed by atoms with Gasteiger partial charge in [-0.3, -0.25) is 4.79 Å². The van der Waals surface area contributed by atoms with E-state index in [2.05, 4.69) is 39.8 Å². The molecular weight excluding hydrogens is 462 g/mol. The summed E-state index contributed by atoms with van der Waals surface area (Å²) in [7, 11) is 0. The van der Waals surface area contributed by atoms with Crippen LogP contribution in [0.5, 0.6) is 11.5 Å². The minimum atomic E-state index is 0.516. The molecule has 5 nitrogen and oxygen atoms in total. The first kappa shape index (κ1) is 25.1. The number of aryl methyl sites for hydroxylation is 3. The zero-order chi connectivity index (χ0) is 26.0. The van der Waals surface area contributed by atoms with E-state index < -0.39 is 0 Å². The summed E-state index contributed by atoms with van der Waals surface area (Å²) in [5.74, 6) is 2.66. The van der Waals surface area contributed by atoms with Gasteiger partial charge < -0.3 is 14.0 Å². The second kappa shape index (κ2) is 10.4. The van der Waals surface area contributed by atoms with Gasteiger partial charge in [-0.25, -0.2) is 0 Å². The number of carbonyl (C=O) groups excluding carboxylic acids is 1. The van der Waals surface area contributed by atoms with Crippen LogP contribution in [0.1, 0.15) is 63.2 Å². The van der Waals surface area contributed by atoms with Gasteiger partial charge >= 0.3 is 0 Å². The maximum atomic E-state index is 11.1. The fourth-order valence-corrected chi connectivity index (χ4v) is 5.60. The van der Waals surface area contributed by atoms with E-state index in [1.807, 2.05) is 42.5 Å². The largest absolute Gasteiger partial charge is 0.488 e. The average Bonchev–Trinajstić information content (AvgIpc) is 3.24. The third-order valence-electron chi connectivity index (χ3n) is 7.79. The number of hydrogen-bond acceptors (Lipinski definition) is 4. The summed E-state index contributed by atoms with van der Waals surface area (Å²) in [5.41, 5.74) is 7.29. The number of benzene rings is 3. The number of quaternary nitrogens is 1. The van der Waals surface area contributed by atoms with Crippen molar-refractivity contribution in [2.24, 2.45) is 0 Å². The first-order chi connectivity index (χ1) is 17.9. The highest BCUT2D eigenvalue weighted by Crippen LogP contribution is 2.41. The lowest BCUT2D eigenvalue weighted by molar-refractivity contribution is -1.09. The molecule has 37 heavy (non-hydrogen) atoms. The number of likely N-dealkylation sites (tertiary alicyclic amines) is 1. The quantitative estimate of drug-likeness (QED) is 0.186. The summed E-state index contributed by atoms with van der Waals surface area (Å²) in [6, 6.07) is 17.7. The van der Waals surface area contributed by atoms with Crippen molar-refractivity contribution in [1.29, 1.82) is 0 Å². The van der Waals surface area contributed by atoms with Gasteiger partial charge in [-0.05, 0) is 75.1 Å². The monoisotopic (exact) mass is 498 g/mol. The van der Waals surface area contributed by atoms with Crippen LogP contribution in [0.4, 0.5) is 0 Å². The van der Waals surface area contributed by atoms with E-state index in [1.165, 1.54) is 12.0 Å². The Morgan fingerprint density at radius 1 is 0.865 bits per heavy atom. The van der Waals surface area contributed by atoms with Crippen molar-refractivity contribution in [2.75, 3.05) is 13.1 Å². The number of nitrogens with zero attached hydrogens (tertiary/aromatic N) is 1. The number of fused-ring (bicyclic) bond motifs is 1. The van der Waals surface area contributed by atoms with Crippen molar-refractivity contribution in [1.82, 2.24) is 0 Å². The van der Waals surface area contributed by atoms with Crippen molar-refractivity contribution < 1.29 is 23.4 Å². The van der Waals surface area contributed by atoms with Crippen molar-refractivity contribution in [2.45, 2.75) is 60.1 Å². The van der Waals surface area contributed by atoms with Gasteiger partial charge in [0.1, 0.15) is 49.6 Å². The van der Waals surface area contributed by atoms with Gasteiger partial charge in [0.15, 0.2) is 5.75 Å². The highest BCUT2D eigenvalue weighted by atomic mass is 16.7. The van der Waals surface area contributed by atoms with Gasteiger partial charge in [0.05, 0.1) is 5.56 Å². The molecule has 0 radical (unpaired) electrons. The lowest BCUT2D eigenvalue weighted by Gasteiger charge is -2.38. The van der Waals surface area contributed by atoms with E-state index in [-0.39, 0.29) is 0 Å². The van der Waals surface area contributed by atoms with E-state index in [1.54, 1.807) is 0 Å². The van der Waals surface area contributed by atoms with E-state index in [9.17, 15) is 4.79 Å². The van der Waals surface area contributed by atoms with Crippen molar-refractivity contribution in [3.05, 3.63) is 93.7 Å². The number of hydrogen-bond donors (Lipinski definition) is 0. The van der Waals surface area contributed by atoms with Crippen LogP contribution in [0.3, 0.4) is 0 Å². The Hall–Kier alpha value is -3.57. The molecule has 1 aliphatic rings. The molecule has 0 saturated carbocycles. The Labute approximate surface area is 219 Å². The molecule has 0 N–H and O–H groups in total. The van der Waals surface area contributed by atoms with Crippen molar-refractivity contribution in [3.63, 3.8) is 0 Å². The molecule has 0 amide bonds. The molecule has 4 aromatic rings. The molecule has 0 aliphatic carbocycles. The van der Waals surface area contributed by atoms with E-state index in [4.69, 9.17) is 14.0 Å². The van der Waals surface area contributed by atoms with Gasteiger partial charge in [0, 0.05) is 29.4 Å². The Balaban J connectivity index is 1.53. The first-order valence-electron chi connectivity index (χ1n) is 13.2. The summed E-state index contributed by atoms with van der Waals surface area (Å²) < 4.78 is 13.4. The molecule has 0 unspecified atom stereocenters. The molecule has 5 rings (SSSR count). The van der Waals surface area contributed by atoms with Crippen LogP contribution in [0.2, 0.25) is 0 Å². The molecule has 0 atom stereocenters. The molecule has 5 heteroatoms. The number of rotatable bonds is 8. The highest BCUT2D eigenvalue weighted by molar-refractivity contribution is 5.91. The number of aldehydes is 1. The van der Waals surface area contributed by atoms with Gasteiger partial charge in [0.2, 0.25) is 0 Å². The standard InChI is InChI=1S/C32H36NO4/c1-22-23(2)32-30(24(3)31(22)35-21-27-11-7-5-8-12-27)29(25(4)36-32)19-33(17-9-6-10-18-33)37-28-15-13-26(20-34)14-16-28/h5,7-8,11-16,20H,6,9-10,17-19,21H2,1-4H3/q+1. The van der Waals surface area contributed by atoms with Gasteiger partial charge in [-0.15, -0.1) is 4.65 Å². The normalized spacial score (nSPS) is 15.0. The SMILES string of the molecule is Cc1oc2c(C)c(C)c(OCc3ccccc3)c(C)c2c1C[N+]1(Oc2ccc(C=O)cc2)CCCCC1. The zero-order valence-electron chi connectivity index (χ0n) is 22.3. The maximum absolute atomic E-state index is 11.1. The fraction of sp³-hybridized carbons (Fsp3) is 0.344. The Bertz CT molecular complexity index is 1400. The minimum absolute atomic E-state index is 0.516. The molecule has 2 heterocycles. The predicted molar refractivity (Wildman–Crippen MR) is 146 cm³/mol. The zero-order valence-corrected chi connectivity index (χ0v) is 22.3. The third-order valence-corrected chi connectivity index (χ3v) is 7.79. The van der Waals surface area contributed by atoms with Gasteiger partial charge in [-0.1, -0.05) is 30.3 Å². The average molecular weight is 499 g/mol. The number of piperidine rings is 1. The number of ether oxygens (including phenoxy) is 1. The molecule has 192 valence electrons. The Kier molecular flexibility index (Phi) is 7.07. The Morgan fingerprint density at radius 3 is 2.24 bits per heavy atom. The van der Waals surface area contributed by atoms with Gasteiger partial charge in [0.25, 0.3) is 0 Å². The lowest BCUT2D eigenvalue weighted by Crippen LogP contribution is -2.53. The molecule has 1 aliphatic heterocycles. The third kappa shape index (κ3) is 5.01. The molecule has 0 bridgehead atoms. The smallest absolute Gasteiger partial charge is 0.190 e. The van der Waals surface area contributed by atoms with Crippen molar-refractivity contribution >= 4 is 17.3 Å². The lowest BCUT2D eigenvalue weighted by atomic mass is 9.97. The van der Waals surface area contributed by atoms with Crippen LogP contribution in [0.25, 0.3) is 11.0 Å². The second-order valence-electron chi connectivity index (χ2n) is 10.3. The van der Waals surface area contributed by atoms with Crippen LogP contribution in [0, 0.1) is 27.7 Å². The minimum Gasteiger partial charge on any atom is -0.488 e. The molecule has 3 aromatic carbocycles. The molecule has 1 aromatic heterocycles. The summed E-state index contributed by atoms with van der Waals surface area (Å²) >= 11 is 0. The maximum Gasteiger partial charge on any atom is 0.190 e. The topological polar surface area (TPSA) is 48.7 Å². The van der Waals surface area contributed by atoms with Crippen LogP contribution in [-0.2, 0) is 13.2 Å².